The zero-order valence-electron chi connectivity index (χ0n) is 11.1. The van der Waals surface area contributed by atoms with Gasteiger partial charge in [0.1, 0.15) is 11.9 Å². The molecule has 6 heteroatoms. The molecule has 18 heavy (non-hydrogen) atoms. The van der Waals surface area contributed by atoms with Crippen molar-refractivity contribution in [3.05, 3.63) is 28.8 Å². The van der Waals surface area contributed by atoms with E-state index in [1.807, 2.05) is 17.7 Å². The number of nitrogens with zero attached hydrogens (tertiary/aromatic N) is 4. The van der Waals surface area contributed by atoms with E-state index in [1.165, 1.54) is 11.5 Å². The molecular formula is C12H18N4OS. The van der Waals surface area contributed by atoms with Crippen LogP contribution in [0.2, 0.25) is 0 Å². The Kier molecular flexibility index (Phi) is 3.49. The zero-order chi connectivity index (χ0) is 13.3. The van der Waals surface area contributed by atoms with Crippen molar-refractivity contribution < 1.29 is 5.11 Å². The predicted molar refractivity (Wildman–Crippen MR) is 70.6 cm³/mol. The summed E-state index contributed by atoms with van der Waals surface area (Å²) in [6.07, 6.45) is 2.81. The third-order valence-electron chi connectivity index (χ3n) is 2.81. The summed E-state index contributed by atoms with van der Waals surface area (Å²) in [5, 5.41) is 14.6. The first kappa shape index (κ1) is 13.2. The Labute approximate surface area is 111 Å². The second-order valence-corrected chi connectivity index (χ2v) is 6.00. The standard InChI is InChI=1S/C12H18N4OS/c1-5-16-7-6-13-11(16)8(17)9-10(12(2,3)4)14-15-18-9/h6-8,17H,5H2,1-4H3. The first-order valence-corrected chi connectivity index (χ1v) is 6.74. The number of rotatable bonds is 3. The fourth-order valence-corrected chi connectivity index (χ4v) is 2.70. The van der Waals surface area contributed by atoms with E-state index in [2.05, 4.69) is 35.3 Å². The van der Waals surface area contributed by atoms with Gasteiger partial charge in [-0.1, -0.05) is 25.3 Å². The topological polar surface area (TPSA) is 63.8 Å². The third-order valence-corrected chi connectivity index (χ3v) is 3.58. The smallest absolute Gasteiger partial charge is 0.149 e. The SMILES string of the molecule is CCn1ccnc1C(O)c1snnc1C(C)(C)C. The first-order chi connectivity index (χ1) is 8.45. The molecule has 0 aliphatic heterocycles. The number of aryl methyl sites for hydroxylation is 1. The molecule has 1 unspecified atom stereocenters. The van der Waals surface area contributed by atoms with Crippen LogP contribution in [0, 0.1) is 0 Å². The number of aliphatic hydroxyl groups is 1. The molecule has 0 spiro atoms. The fourth-order valence-electron chi connectivity index (χ4n) is 1.85. The average Bonchev–Trinajstić information content (AvgIpc) is 2.95. The molecule has 98 valence electrons. The van der Waals surface area contributed by atoms with Crippen LogP contribution in [0.25, 0.3) is 0 Å². The highest BCUT2D eigenvalue weighted by Gasteiger charge is 2.28. The lowest BCUT2D eigenvalue weighted by Crippen LogP contribution is -2.17. The molecule has 0 saturated carbocycles. The van der Waals surface area contributed by atoms with Crippen molar-refractivity contribution in [1.29, 1.82) is 0 Å². The van der Waals surface area contributed by atoms with Gasteiger partial charge < -0.3 is 9.67 Å². The molecule has 0 radical (unpaired) electrons. The van der Waals surface area contributed by atoms with Crippen LogP contribution in [-0.2, 0) is 12.0 Å². The van der Waals surface area contributed by atoms with Crippen LogP contribution in [0.1, 0.15) is 50.2 Å². The summed E-state index contributed by atoms with van der Waals surface area (Å²) >= 11 is 1.24. The van der Waals surface area contributed by atoms with Gasteiger partial charge in [0.2, 0.25) is 0 Å². The fraction of sp³-hybridized carbons (Fsp3) is 0.583. The second kappa shape index (κ2) is 4.78. The Hall–Kier alpha value is -1.27. The summed E-state index contributed by atoms with van der Waals surface area (Å²) in [7, 11) is 0. The summed E-state index contributed by atoms with van der Waals surface area (Å²) < 4.78 is 5.90. The van der Waals surface area contributed by atoms with Crippen LogP contribution in [-0.4, -0.2) is 24.2 Å². The van der Waals surface area contributed by atoms with Crippen LogP contribution in [0.15, 0.2) is 12.4 Å². The summed E-state index contributed by atoms with van der Waals surface area (Å²) in [6, 6.07) is 0. The van der Waals surface area contributed by atoms with Gasteiger partial charge in [-0.2, -0.15) is 0 Å². The summed E-state index contributed by atoms with van der Waals surface area (Å²) in [5.41, 5.74) is 0.707. The molecule has 5 nitrogen and oxygen atoms in total. The van der Waals surface area contributed by atoms with Crippen molar-refractivity contribution in [3.63, 3.8) is 0 Å². The van der Waals surface area contributed by atoms with Gasteiger partial charge in [-0.25, -0.2) is 4.98 Å². The molecule has 0 bridgehead atoms. The van der Waals surface area contributed by atoms with E-state index in [9.17, 15) is 5.11 Å². The van der Waals surface area contributed by atoms with Gasteiger partial charge in [0.15, 0.2) is 0 Å². The van der Waals surface area contributed by atoms with Gasteiger partial charge in [-0.15, -0.1) is 5.10 Å². The molecule has 0 amide bonds. The number of aromatic nitrogens is 4. The van der Waals surface area contributed by atoms with Crippen molar-refractivity contribution in [2.45, 2.75) is 45.8 Å². The predicted octanol–water partition coefficient (Wildman–Crippen LogP) is 2.13. The molecule has 0 fully saturated rings. The minimum absolute atomic E-state index is 0.132. The number of hydrogen-bond acceptors (Lipinski definition) is 5. The molecule has 0 aromatic carbocycles. The Bertz CT molecular complexity index is 526. The molecule has 1 atom stereocenters. The Balaban J connectivity index is 2.41. The minimum atomic E-state index is -0.755. The Morgan fingerprint density at radius 1 is 1.44 bits per heavy atom. The maximum Gasteiger partial charge on any atom is 0.149 e. The van der Waals surface area contributed by atoms with Crippen molar-refractivity contribution in [2.75, 3.05) is 0 Å². The maximum absolute atomic E-state index is 10.5. The number of aliphatic hydroxyl groups excluding tert-OH is 1. The highest BCUT2D eigenvalue weighted by Crippen LogP contribution is 2.32. The van der Waals surface area contributed by atoms with Crippen molar-refractivity contribution in [1.82, 2.24) is 19.1 Å². The van der Waals surface area contributed by atoms with Crippen molar-refractivity contribution >= 4 is 11.5 Å². The van der Waals surface area contributed by atoms with E-state index < -0.39 is 6.10 Å². The first-order valence-electron chi connectivity index (χ1n) is 5.97. The van der Waals surface area contributed by atoms with Crippen molar-refractivity contribution in [3.8, 4) is 0 Å². The monoisotopic (exact) mass is 266 g/mol. The largest absolute Gasteiger partial charge is 0.379 e. The molecule has 2 rings (SSSR count). The van der Waals surface area contributed by atoms with Gasteiger partial charge in [0.05, 0.1) is 10.6 Å². The number of hydrogen-bond donors (Lipinski definition) is 1. The van der Waals surface area contributed by atoms with E-state index in [4.69, 9.17) is 0 Å². The molecule has 0 aliphatic carbocycles. The summed E-state index contributed by atoms with van der Waals surface area (Å²) in [6.45, 7) is 8.99. The molecule has 2 aromatic rings. The highest BCUT2D eigenvalue weighted by atomic mass is 32.1. The third kappa shape index (κ3) is 2.30. The van der Waals surface area contributed by atoms with Crippen LogP contribution in [0.5, 0.6) is 0 Å². The quantitative estimate of drug-likeness (QED) is 0.924. The Morgan fingerprint density at radius 2 is 2.17 bits per heavy atom. The van der Waals surface area contributed by atoms with Crippen LogP contribution in [0.3, 0.4) is 0 Å². The van der Waals surface area contributed by atoms with E-state index in [-0.39, 0.29) is 5.41 Å². The van der Waals surface area contributed by atoms with Crippen LogP contribution < -0.4 is 0 Å². The minimum Gasteiger partial charge on any atom is -0.379 e. The Morgan fingerprint density at radius 3 is 2.78 bits per heavy atom. The van der Waals surface area contributed by atoms with Crippen LogP contribution in [0.4, 0.5) is 0 Å². The van der Waals surface area contributed by atoms with E-state index in [0.29, 0.717) is 5.82 Å². The van der Waals surface area contributed by atoms with Gasteiger partial charge in [0.25, 0.3) is 0 Å². The van der Waals surface area contributed by atoms with Crippen molar-refractivity contribution in [2.24, 2.45) is 0 Å². The maximum atomic E-state index is 10.5. The summed E-state index contributed by atoms with van der Waals surface area (Å²) in [5.74, 6) is 0.647. The van der Waals surface area contributed by atoms with Crippen LogP contribution >= 0.6 is 11.5 Å². The van der Waals surface area contributed by atoms with E-state index >= 15 is 0 Å². The van der Waals surface area contributed by atoms with E-state index in [0.717, 1.165) is 17.1 Å². The van der Waals surface area contributed by atoms with E-state index in [1.54, 1.807) is 6.20 Å². The number of imidazole rings is 1. The normalized spacial score (nSPS) is 13.8. The molecule has 0 aliphatic rings. The molecule has 0 saturated heterocycles. The lowest BCUT2D eigenvalue weighted by molar-refractivity contribution is 0.205. The van der Waals surface area contributed by atoms with Gasteiger partial charge >= 0.3 is 0 Å². The van der Waals surface area contributed by atoms with Gasteiger partial charge in [-0.3, -0.25) is 0 Å². The molecule has 1 N–H and O–H groups in total. The zero-order valence-corrected chi connectivity index (χ0v) is 11.9. The summed E-state index contributed by atoms with van der Waals surface area (Å²) in [4.78, 5) is 5.01. The van der Waals surface area contributed by atoms with Gasteiger partial charge in [-0.05, 0) is 18.5 Å². The highest BCUT2D eigenvalue weighted by molar-refractivity contribution is 7.05. The van der Waals surface area contributed by atoms with Gasteiger partial charge in [0, 0.05) is 24.4 Å². The average molecular weight is 266 g/mol. The molecule has 2 aromatic heterocycles. The molecular weight excluding hydrogens is 248 g/mol. The molecule has 2 heterocycles. The lowest BCUT2D eigenvalue weighted by Gasteiger charge is -2.19. The lowest BCUT2D eigenvalue weighted by atomic mass is 9.90. The second-order valence-electron chi connectivity index (χ2n) is 5.21.